The molecule has 0 amide bonds. The summed E-state index contributed by atoms with van der Waals surface area (Å²) in [5, 5.41) is 0. The summed E-state index contributed by atoms with van der Waals surface area (Å²) in [4.78, 5) is 2.20. The topological polar surface area (TPSA) is 72.7 Å². The first-order valence-electron chi connectivity index (χ1n) is 4.53. The van der Waals surface area contributed by atoms with Crippen LogP contribution in [0.25, 0.3) is 0 Å². The lowest BCUT2D eigenvalue weighted by molar-refractivity contribution is -0.493. The van der Waals surface area contributed by atoms with Crippen molar-refractivity contribution in [1.29, 1.82) is 0 Å². The highest BCUT2D eigenvalue weighted by atomic mass is 32.3. The van der Waals surface area contributed by atoms with Crippen molar-refractivity contribution in [3.63, 3.8) is 0 Å². The number of amidine groups is 1. The molecule has 0 atom stereocenters. The predicted molar refractivity (Wildman–Crippen MR) is 55.7 cm³/mol. The van der Waals surface area contributed by atoms with E-state index in [2.05, 4.69) is 34.8 Å². The Labute approximate surface area is 91.1 Å². The van der Waals surface area contributed by atoms with E-state index in [1.165, 1.54) is 25.2 Å². The Balaban J connectivity index is 0.000000288. The van der Waals surface area contributed by atoms with Gasteiger partial charge >= 0.3 is 0 Å². The monoisotopic (exact) mass is 238 g/mol. The van der Waals surface area contributed by atoms with E-state index in [-0.39, 0.29) is 0 Å². The second kappa shape index (κ2) is 6.04. The zero-order chi connectivity index (χ0) is 12.1. The smallest absolute Gasteiger partial charge is 0.246 e. The van der Waals surface area contributed by atoms with Crippen molar-refractivity contribution < 1.29 is 21.7 Å². The summed E-state index contributed by atoms with van der Waals surface area (Å²) in [6.07, 6.45) is 2.58. The van der Waals surface area contributed by atoms with Crippen molar-refractivity contribution in [3.05, 3.63) is 0 Å². The fourth-order valence-corrected chi connectivity index (χ4v) is 1.36. The first kappa shape index (κ1) is 14.3. The molecular weight excluding hydrogens is 220 g/mol. The second-order valence-corrected chi connectivity index (χ2v) is 4.56. The van der Waals surface area contributed by atoms with Gasteiger partial charge in [0.1, 0.15) is 0 Å². The van der Waals surface area contributed by atoms with Crippen molar-refractivity contribution in [2.24, 2.45) is 0 Å². The van der Waals surface area contributed by atoms with Crippen LogP contribution in [-0.4, -0.2) is 63.1 Å². The average molecular weight is 238 g/mol. The molecule has 0 aromatic rings. The Morgan fingerprint density at radius 2 is 1.93 bits per heavy atom. The van der Waals surface area contributed by atoms with E-state index in [0.29, 0.717) is 0 Å². The summed E-state index contributed by atoms with van der Waals surface area (Å²) in [5.74, 6) is 1.47. The third-order valence-electron chi connectivity index (χ3n) is 2.05. The van der Waals surface area contributed by atoms with Crippen molar-refractivity contribution in [2.75, 3.05) is 34.8 Å². The lowest BCUT2D eigenvalue weighted by Gasteiger charge is -2.04. The molecule has 0 radical (unpaired) electrons. The summed E-state index contributed by atoms with van der Waals surface area (Å²) < 4.78 is 33.3. The van der Waals surface area contributed by atoms with Gasteiger partial charge in [-0.25, -0.2) is 8.42 Å². The molecule has 0 spiro atoms. The van der Waals surface area contributed by atoms with E-state index in [0.717, 1.165) is 7.11 Å². The first-order chi connectivity index (χ1) is 6.78. The quantitative estimate of drug-likeness (QED) is 0.349. The van der Waals surface area contributed by atoms with Gasteiger partial charge < -0.3 is 4.55 Å². The Morgan fingerprint density at radius 1 is 1.47 bits per heavy atom. The molecule has 0 aliphatic carbocycles. The van der Waals surface area contributed by atoms with Crippen LogP contribution in [0.2, 0.25) is 0 Å². The summed E-state index contributed by atoms with van der Waals surface area (Å²) in [5.41, 5.74) is 0. The Morgan fingerprint density at radius 3 is 2.07 bits per heavy atom. The third kappa shape index (κ3) is 6.43. The van der Waals surface area contributed by atoms with Crippen molar-refractivity contribution in [3.8, 4) is 0 Å². The van der Waals surface area contributed by atoms with Crippen LogP contribution >= 0.6 is 0 Å². The number of nitrogens with zero attached hydrogens (tertiary/aromatic N) is 2. The van der Waals surface area contributed by atoms with Crippen LogP contribution in [0.5, 0.6) is 0 Å². The average Bonchev–Trinajstić information content (AvgIpc) is 2.51. The van der Waals surface area contributed by atoms with Crippen LogP contribution in [0, 0.1) is 0 Å². The normalized spacial score (nSPS) is 16.1. The van der Waals surface area contributed by atoms with Crippen LogP contribution in [0.4, 0.5) is 0 Å². The second-order valence-electron chi connectivity index (χ2n) is 3.41. The van der Waals surface area contributed by atoms with E-state index in [9.17, 15) is 13.0 Å². The molecule has 7 heteroatoms. The molecule has 1 aliphatic heterocycles. The SMILES string of the molecule is CN(C)C1=[N+](C)CCC1.COS(=O)(=O)[O-]. The van der Waals surface area contributed by atoms with Gasteiger partial charge in [0.2, 0.25) is 16.2 Å². The van der Waals surface area contributed by atoms with Gasteiger partial charge in [-0.3, -0.25) is 13.7 Å². The minimum absolute atomic E-state index is 0.808. The highest BCUT2D eigenvalue weighted by molar-refractivity contribution is 7.80. The van der Waals surface area contributed by atoms with E-state index >= 15 is 0 Å². The van der Waals surface area contributed by atoms with Crippen molar-refractivity contribution in [1.82, 2.24) is 4.90 Å². The summed E-state index contributed by atoms with van der Waals surface area (Å²) in [6.45, 7) is 1.23. The first-order valence-corrected chi connectivity index (χ1v) is 5.87. The molecule has 0 unspecified atom stereocenters. The van der Waals surface area contributed by atoms with Crippen LogP contribution in [-0.2, 0) is 14.6 Å². The van der Waals surface area contributed by atoms with Gasteiger partial charge in [0.05, 0.1) is 41.2 Å². The molecule has 1 rings (SSSR count). The molecule has 1 aliphatic rings. The Kier molecular flexibility index (Phi) is 5.77. The molecule has 15 heavy (non-hydrogen) atoms. The van der Waals surface area contributed by atoms with Crippen molar-refractivity contribution >= 4 is 16.2 Å². The van der Waals surface area contributed by atoms with Crippen LogP contribution in [0.15, 0.2) is 0 Å². The Bertz CT molecular complexity index is 322. The Hall–Kier alpha value is -0.660. The van der Waals surface area contributed by atoms with Gasteiger partial charge in [0, 0.05) is 0 Å². The zero-order valence-corrected chi connectivity index (χ0v) is 10.4. The molecule has 1 heterocycles. The summed E-state index contributed by atoms with van der Waals surface area (Å²) in [6, 6.07) is 0. The maximum Gasteiger partial charge on any atom is 0.246 e. The molecule has 6 nitrogen and oxygen atoms in total. The van der Waals surface area contributed by atoms with Crippen molar-refractivity contribution in [2.45, 2.75) is 12.8 Å². The molecule has 0 saturated carbocycles. The fourth-order valence-electron chi connectivity index (χ4n) is 1.36. The molecule has 0 saturated heterocycles. The zero-order valence-electron chi connectivity index (χ0n) is 9.56. The van der Waals surface area contributed by atoms with Gasteiger partial charge in [-0.05, 0) is 6.42 Å². The third-order valence-corrected chi connectivity index (χ3v) is 2.46. The van der Waals surface area contributed by atoms with Gasteiger partial charge in [0.15, 0.2) is 0 Å². The largest absolute Gasteiger partial charge is 0.726 e. The number of rotatable bonds is 1. The molecular formula is C8H18N2O4S. The maximum atomic E-state index is 9.22. The van der Waals surface area contributed by atoms with E-state index < -0.39 is 10.4 Å². The van der Waals surface area contributed by atoms with Gasteiger partial charge in [0.25, 0.3) is 0 Å². The fraction of sp³-hybridized carbons (Fsp3) is 0.875. The van der Waals surface area contributed by atoms with Crippen LogP contribution < -0.4 is 0 Å². The molecule has 90 valence electrons. The summed E-state index contributed by atoms with van der Waals surface area (Å²) >= 11 is 0. The van der Waals surface area contributed by atoms with Crippen LogP contribution in [0.3, 0.4) is 0 Å². The number of hydrogen-bond acceptors (Lipinski definition) is 5. The van der Waals surface area contributed by atoms with Gasteiger partial charge in [-0.15, -0.1) is 0 Å². The highest BCUT2D eigenvalue weighted by Gasteiger charge is 2.18. The molecule has 0 bridgehead atoms. The van der Waals surface area contributed by atoms with Crippen LogP contribution in [0.1, 0.15) is 12.8 Å². The van der Waals surface area contributed by atoms with E-state index in [1.807, 2.05) is 0 Å². The minimum atomic E-state index is -4.41. The molecule has 0 N–H and O–H groups in total. The van der Waals surface area contributed by atoms with E-state index in [4.69, 9.17) is 0 Å². The van der Waals surface area contributed by atoms with E-state index in [1.54, 1.807) is 0 Å². The summed E-state index contributed by atoms with van der Waals surface area (Å²) in [7, 11) is 2.77. The standard InChI is InChI=1S/C7H15N2.CH4O4S/c1-8(2)7-5-4-6-9(7)3;1-5-6(2,3)4/h4-6H2,1-3H3;1H3,(H,2,3,4)/q+1;/p-1. The van der Waals surface area contributed by atoms with Gasteiger partial charge in [-0.2, -0.15) is 0 Å². The van der Waals surface area contributed by atoms with Gasteiger partial charge in [-0.1, -0.05) is 0 Å². The maximum absolute atomic E-state index is 9.22. The lowest BCUT2D eigenvalue weighted by Crippen LogP contribution is -2.26. The minimum Gasteiger partial charge on any atom is -0.726 e. The highest BCUT2D eigenvalue weighted by Crippen LogP contribution is 2.03. The molecule has 0 fully saturated rings. The lowest BCUT2D eigenvalue weighted by atomic mass is 10.3. The number of hydrogen-bond donors (Lipinski definition) is 0. The predicted octanol–water partition coefficient (Wildman–Crippen LogP) is -0.524. The molecule has 0 aromatic heterocycles. The molecule has 0 aromatic carbocycles.